The van der Waals surface area contributed by atoms with Gasteiger partial charge in [0.15, 0.2) is 0 Å². The van der Waals surface area contributed by atoms with Crippen molar-refractivity contribution in [1.82, 2.24) is 0 Å². The third kappa shape index (κ3) is 2.00. The maximum Gasteiger partial charge on any atom is 0.311 e. The van der Waals surface area contributed by atoms with E-state index in [0.717, 1.165) is 18.8 Å². The van der Waals surface area contributed by atoms with E-state index in [4.69, 9.17) is 4.74 Å². The number of carbonyl (C=O) groups is 1. The lowest BCUT2D eigenvalue weighted by Gasteiger charge is -2.29. The fraction of sp³-hybridized carbons (Fsp3) is 0.933. The first-order valence-electron chi connectivity index (χ1n) is 7.00. The molecule has 0 N–H and O–H groups in total. The molecule has 2 rings (SSSR count). The zero-order valence-corrected chi connectivity index (χ0v) is 11.9. The third-order valence-electron chi connectivity index (χ3n) is 5.49. The summed E-state index contributed by atoms with van der Waals surface area (Å²) in [5, 5.41) is 0. The molecule has 2 fully saturated rings. The first-order chi connectivity index (χ1) is 7.79. The van der Waals surface area contributed by atoms with E-state index in [2.05, 4.69) is 13.8 Å². The van der Waals surface area contributed by atoms with Crippen molar-refractivity contribution >= 4 is 5.97 Å². The molecule has 17 heavy (non-hydrogen) atoms. The molecule has 0 aromatic rings. The van der Waals surface area contributed by atoms with E-state index >= 15 is 0 Å². The molecule has 0 saturated heterocycles. The van der Waals surface area contributed by atoms with Crippen LogP contribution in [0.4, 0.5) is 0 Å². The summed E-state index contributed by atoms with van der Waals surface area (Å²) in [5.74, 6) is 1.34. The van der Waals surface area contributed by atoms with Crippen LogP contribution >= 0.6 is 0 Å². The number of hydrogen-bond acceptors (Lipinski definition) is 2. The molecular formula is C15H26O2. The van der Waals surface area contributed by atoms with Gasteiger partial charge in [0.05, 0.1) is 5.41 Å². The van der Waals surface area contributed by atoms with Crippen molar-refractivity contribution in [2.75, 3.05) is 0 Å². The van der Waals surface area contributed by atoms with Crippen LogP contribution in [0.25, 0.3) is 0 Å². The summed E-state index contributed by atoms with van der Waals surface area (Å²) in [6, 6.07) is 0. The first kappa shape index (κ1) is 12.9. The molecule has 2 saturated carbocycles. The summed E-state index contributed by atoms with van der Waals surface area (Å²) in [6.07, 6.45) is 4.67. The van der Waals surface area contributed by atoms with Gasteiger partial charge in [-0.25, -0.2) is 0 Å². The number of rotatable bonds is 3. The number of hydrogen-bond donors (Lipinski definition) is 0. The summed E-state index contributed by atoms with van der Waals surface area (Å²) in [5.41, 5.74) is 0.0489. The summed E-state index contributed by atoms with van der Waals surface area (Å²) in [6.45, 7) is 10.7. The van der Waals surface area contributed by atoms with Crippen molar-refractivity contribution < 1.29 is 9.53 Å². The zero-order valence-electron chi connectivity index (χ0n) is 11.9. The summed E-state index contributed by atoms with van der Waals surface area (Å²) in [7, 11) is 0. The van der Waals surface area contributed by atoms with Crippen LogP contribution in [-0.2, 0) is 9.53 Å². The van der Waals surface area contributed by atoms with Gasteiger partial charge in [-0.3, -0.25) is 4.79 Å². The van der Waals surface area contributed by atoms with Gasteiger partial charge in [0.2, 0.25) is 0 Å². The Morgan fingerprint density at radius 3 is 2.41 bits per heavy atom. The quantitative estimate of drug-likeness (QED) is 0.699. The molecule has 98 valence electrons. The molecule has 3 atom stereocenters. The van der Waals surface area contributed by atoms with Crippen LogP contribution in [0.15, 0.2) is 0 Å². The Kier molecular flexibility index (Phi) is 3.04. The average Bonchev–Trinajstić information content (AvgIpc) is 2.67. The summed E-state index contributed by atoms with van der Waals surface area (Å²) in [4.78, 5) is 12.1. The molecule has 0 heterocycles. The van der Waals surface area contributed by atoms with E-state index in [-0.39, 0.29) is 17.5 Å². The van der Waals surface area contributed by atoms with Crippen molar-refractivity contribution in [3.05, 3.63) is 0 Å². The van der Waals surface area contributed by atoms with Crippen LogP contribution in [0, 0.1) is 22.7 Å². The first-order valence-corrected chi connectivity index (χ1v) is 7.00. The largest absolute Gasteiger partial charge is 0.462 e. The van der Waals surface area contributed by atoms with Gasteiger partial charge >= 0.3 is 5.97 Å². The predicted molar refractivity (Wildman–Crippen MR) is 68.6 cm³/mol. The fourth-order valence-electron chi connectivity index (χ4n) is 3.53. The van der Waals surface area contributed by atoms with Gasteiger partial charge in [0.25, 0.3) is 0 Å². The molecule has 0 aromatic heterocycles. The molecule has 2 aliphatic carbocycles. The van der Waals surface area contributed by atoms with Crippen LogP contribution in [0.3, 0.4) is 0 Å². The van der Waals surface area contributed by atoms with Crippen molar-refractivity contribution in [2.45, 2.75) is 66.4 Å². The Morgan fingerprint density at radius 2 is 2.00 bits per heavy atom. The highest BCUT2D eigenvalue weighted by Crippen LogP contribution is 2.58. The van der Waals surface area contributed by atoms with Crippen LogP contribution in [0.1, 0.15) is 60.3 Å². The van der Waals surface area contributed by atoms with Gasteiger partial charge < -0.3 is 4.74 Å². The standard InChI is InChI=1S/C15H26O2/c1-6-14(2,3)13(16)17-12-9-10-7-8-11(12)15(10,4)5/h10-12H,6-9H2,1-5H3. The monoisotopic (exact) mass is 238 g/mol. The minimum absolute atomic E-state index is 0.00616. The molecule has 2 bridgehead atoms. The summed E-state index contributed by atoms with van der Waals surface area (Å²) < 4.78 is 5.80. The highest BCUT2D eigenvalue weighted by molar-refractivity contribution is 5.76. The second-order valence-corrected chi connectivity index (χ2v) is 7.12. The molecule has 0 amide bonds. The number of fused-ring (bicyclic) bond motifs is 2. The Morgan fingerprint density at radius 1 is 1.35 bits per heavy atom. The van der Waals surface area contributed by atoms with Gasteiger partial charge in [0, 0.05) is 5.92 Å². The Labute approximate surface area is 105 Å². The normalized spacial score (nSPS) is 35.0. The second kappa shape index (κ2) is 4.00. The average molecular weight is 238 g/mol. The molecule has 2 nitrogen and oxygen atoms in total. The molecule has 0 aromatic carbocycles. The number of carbonyl (C=O) groups excluding carboxylic acids is 1. The van der Waals surface area contributed by atoms with Crippen molar-refractivity contribution in [3.8, 4) is 0 Å². The van der Waals surface area contributed by atoms with Gasteiger partial charge in [0.1, 0.15) is 6.10 Å². The smallest absolute Gasteiger partial charge is 0.311 e. The van der Waals surface area contributed by atoms with Crippen molar-refractivity contribution in [1.29, 1.82) is 0 Å². The van der Waals surface area contributed by atoms with Crippen LogP contribution in [-0.4, -0.2) is 12.1 Å². The lowest BCUT2D eigenvalue weighted by atomic mass is 9.82. The molecule has 0 aliphatic heterocycles. The maximum atomic E-state index is 12.1. The van der Waals surface area contributed by atoms with Gasteiger partial charge in [-0.1, -0.05) is 20.8 Å². The third-order valence-corrected chi connectivity index (χ3v) is 5.49. The fourth-order valence-corrected chi connectivity index (χ4v) is 3.53. The van der Waals surface area contributed by atoms with Gasteiger partial charge in [-0.05, 0) is 50.9 Å². The Bertz CT molecular complexity index is 317. The van der Waals surface area contributed by atoms with E-state index in [9.17, 15) is 4.79 Å². The van der Waals surface area contributed by atoms with Crippen molar-refractivity contribution in [3.63, 3.8) is 0 Å². The van der Waals surface area contributed by atoms with E-state index < -0.39 is 0 Å². The molecule has 0 radical (unpaired) electrons. The van der Waals surface area contributed by atoms with E-state index in [1.165, 1.54) is 12.8 Å². The molecular weight excluding hydrogens is 212 g/mol. The van der Waals surface area contributed by atoms with Crippen molar-refractivity contribution in [2.24, 2.45) is 22.7 Å². The second-order valence-electron chi connectivity index (χ2n) is 7.12. The summed E-state index contributed by atoms with van der Waals surface area (Å²) >= 11 is 0. The number of ether oxygens (including phenoxy) is 1. The molecule has 3 unspecified atom stereocenters. The minimum atomic E-state index is -0.327. The minimum Gasteiger partial charge on any atom is -0.462 e. The Hall–Kier alpha value is -0.530. The lowest BCUT2D eigenvalue weighted by molar-refractivity contribution is -0.162. The van der Waals surface area contributed by atoms with Crippen LogP contribution in [0.2, 0.25) is 0 Å². The number of esters is 1. The lowest BCUT2D eigenvalue weighted by Crippen LogP contribution is -2.33. The van der Waals surface area contributed by atoms with Gasteiger partial charge in [-0.2, -0.15) is 0 Å². The predicted octanol–water partition coefficient (Wildman–Crippen LogP) is 3.79. The molecule has 2 aliphatic rings. The van der Waals surface area contributed by atoms with Crippen LogP contribution < -0.4 is 0 Å². The topological polar surface area (TPSA) is 26.3 Å². The molecule has 0 spiro atoms. The van der Waals surface area contributed by atoms with E-state index in [1.807, 2.05) is 20.8 Å². The van der Waals surface area contributed by atoms with E-state index in [1.54, 1.807) is 0 Å². The van der Waals surface area contributed by atoms with Gasteiger partial charge in [-0.15, -0.1) is 0 Å². The molecule has 2 heteroatoms. The Balaban J connectivity index is 2.01. The zero-order chi connectivity index (χ0) is 12.8. The highest BCUT2D eigenvalue weighted by Gasteiger charge is 2.55. The highest BCUT2D eigenvalue weighted by atomic mass is 16.5. The van der Waals surface area contributed by atoms with Crippen LogP contribution in [0.5, 0.6) is 0 Å². The maximum absolute atomic E-state index is 12.1. The van der Waals surface area contributed by atoms with E-state index in [0.29, 0.717) is 11.3 Å². The SMILES string of the molecule is CCC(C)(C)C(=O)OC1CC2CCC1C2(C)C.